The molecular weight excluding hydrogens is 258 g/mol. The van der Waals surface area contributed by atoms with Gasteiger partial charge >= 0.3 is 0 Å². The first-order chi connectivity index (χ1) is 10.0. The van der Waals surface area contributed by atoms with E-state index in [2.05, 4.69) is 26.1 Å². The molecular formula is C19H29NO. The minimum atomic E-state index is 0.0831. The van der Waals surface area contributed by atoms with E-state index in [0.717, 1.165) is 12.0 Å². The third-order valence-corrected chi connectivity index (χ3v) is 4.81. The predicted molar refractivity (Wildman–Crippen MR) is 88.3 cm³/mol. The van der Waals surface area contributed by atoms with E-state index in [4.69, 9.17) is 0 Å². The molecule has 1 aliphatic carbocycles. The summed E-state index contributed by atoms with van der Waals surface area (Å²) in [5.74, 6) is 0.727. The number of carbonyl (C=O) groups is 1. The Morgan fingerprint density at radius 3 is 2.67 bits per heavy atom. The van der Waals surface area contributed by atoms with Crippen molar-refractivity contribution in [2.45, 2.75) is 65.3 Å². The van der Waals surface area contributed by atoms with E-state index in [-0.39, 0.29) is 5.91 Å². The van der Waals surface area contributed by atoms with Gasteiger partial charge in [-0.2, -0.15) is 0 Å². The number of hydrogen-bond acceptors (Lipinski definition) is 1. The molecule has 0 aliphatic heterocycles. The van der Waals surface area contributed by atoms with Gasteiger partial charge in [0.1, 0.15) is 0 Å². The fraction of sp³-hybridized carbons (Fsp3) is 0.632. The minimum Gasteiger partial charge on any atom is -0.349 e. The lowest BCUT2D eigenvalue weighted by molar-refractivity contribution is 0.0833. The number of benzene rings is 1. The van der Waals surface area contributed by atoms with E-state index in [0.29, 0.717) is 17.4 Å². The molecule has 0 saturated heterocycles. The van der Waals surface area contributed by atoms with Gasteiger partial charge in [0, 0.05) is 11.6 Å². The number of carbonyl (C=O) groups excluding carboxylic acids is 1. The van der Waals surface area contributed by atoms with Gasteiger partial charge in [-0.25, -0.2) is 0 Å². The molecule has 116 valence electrons. The topological polar surface area (TPSA) is 29.1 Å². The molecule has 2 heteroatoms. The highest BCUT2D eigenvalue weighted by Crippen LogP contribution is 2.40. The Bertz CT molecular complexity index is 452. The summed E-state index contributed by atoms with van der Waals surface area (Å²) in [5, 5.41) is 3.31. The molecule has 1 N–H and O–H groups in total. The van der Waals surface area contributed by atoms with Crippen LogP contribution in [0.15, 0.2) is 30.3 Å². The van der Waals surface area contributed by atoms with Crippen molar-refractivity contribution in [2.24, 2.45) is 11.3 Å². The summed E-state index contributed by atoms with van der Waals surface area (Å²) in [4.78, 5) is 12.4. The van der Waals surface area contributed by atoms with E-state index in [1.807, 2.05) is 30.3 Å². The van der Waals surface area contributed by atoms with Crippen LogP contribution in [0.2, 0.25) is 0 Å². The molecule has 2 unspecified atom stereocenters. The second-order valence-electron chi connectivity index (χ2n) is 7.26. The minimum absolute atomic E-state index is 0.0831. The highest BCUT2D eigenvalue weighted by Gasteiger charge is 2.35. The third kappa shape index (κ3) is 4.59. The molecule has 1 aliphatic rings. The number of amides is 1. The zero-order valence-corrected chi connectivity index (χ0v) is 13.7. The van der Waals surface area contributed by atoms with Crippen molar-refractivity contribution in [3.8, 4) is 0 Å². The van der Waals surface area contributed by atoms with Crippen LogP contribution in [0.4, 0.5) is 0 Å². The van der Waals surface area contributed by atoms with Crippen LogP contribution in [0.5, 0.6) is 0 Å². The van der Waals surface area contributed by atoms with Gasteiger partial charge in [0.05, 0.1) is 0 Å². The van der Waals surface area contributed by atoms with Gasteiger partial charge in [0.15, 0.2) is 0 Å². The number of rotatable bonds is 5. The number of nitrogens with one attached hydrogen (secondary N) is 1. The van der Waals surface area contributed by atoms with Gasteiger partial charge < -0.3 is 5.32 Å². The molecule has 21 heavy (non-hydrogen) atoms. The Hall–Kier alpha value is -1.31. The maximum Gasteiger partial charge on any atom is 0.251 e. The van der Waals surface area contributed by atoms with E-state index in [1.54, 1.807) is 0 Å². The molecule has 1 saturated carbocycles. The van der Waals surface area contributed by atoms with Crippen LogP contribution in [-0.4, -0.2) is 11.9 Å². The van der Waals surface area contributed by atoms with Crippen LogP contribution < -0.4 is 5.32 Å². The first-order valence-electron chi connectivity index (χ1n) is 8.38. The summed E-state index contributed by atoms with van der Waals surface area (Å²) in [5.41, 5.74) is 1.12. The van der Waals surface area contributed by atoms with Crippen molar-refractivity contribution >= 4 is 5.91 Å². The molecule has 0 heterocycles. The molecule has 2 atom stereocenters. The van der Waals surface area contributed by atoms with Gasteiger partial charge in [-0.05, 0) is 49.1 Å². The summed E-state index contributed by atoms with van der Waals surface area (Å²) in [6.45, 7) is 6.89. The van der Waals surface area contributed by atoms with Crippen LogP contribution >= 0.6 is 0 Å². The summed E-state index contributed by atoms with van der Waals surface area (Å²) in [7, 11) is 0. The van der Waals surface area contributed by atoms with Crippen LogP contribution in [0.25, 0.3) is 0 Å². The first-order valence-corrected chi connectivity index (χ1v) is 8.38. The molecule has 2 rings (SSSR count). The molecule has 1 aromatic rings. The highest BCUT2D eigenvalue weighted by molar-refractivity contribution is 5.94. The molecule has 0 aromatic heterocycles. The van der Waals surface area contributed by atoms with Gasteiger partial charge in [-0.3, -0.25) is 4.79 Å². The zero-order valence-electron chi connectivity index (χ0n) is 13.7. The van der Waals surface area contributed by atoms with Gasteiger partial charge in [0.2, 0.25) is 0 Å². The third-order valence-electron chi connectivity index (χ3n) is 4.81. The fourth-order valence-corrected chi connectivity index (χ4v) is 3.46. The Morgan fingerprint density at radius 2 is 2.00 bits per heavy atom. The quantitative estimate of drug-likeness (QED) is 0.828. The monoisotopic (exact) mass is 287 g/mol. The SMILES string of the molecule is CCCCC1CCC(C)(C)CC1NC(=O)c1ccccc1. The lowest BCUT2D eigenvalue weighted by atomic mass is 9.69. The molecule has 2 nitrogen and oxygen atoms in total. The molecule has 1 amide bonds. The van der Waals surface area contributed by atoms with Crippen molar-refractivity contribution in [1.82, 2.24) is 5.32 Å². The summed E-state index contributed by atoms with van der Waals surface area (Å²) < 4.78 is 0. The van der Waals surface area contributed by atoms with Crippen molar-refractivity contribution in [1.29, 1.82) is 0 Å². The van der Waals surface area contributed by atoms with Gasteiger partial charge in [-0.15, -0.1) is 0 Å². The van der Waals surface area contributed by atoms with Gasteiger partial charge in [0.25, 0.3) is 5.91 Å². The smallest absolute Gasteiger partial charge is 0.251 e. The Morgan fingerprint density at radius 1 is 1.29 bits per heavy atom. The van der Waals surface area contributed by atoms with Crippen LogP contribution in [-0.2, 0) is 0 Å². The fourth-order valence-electron chi connectivity index (χ4n) is 3.46. The van der Waals surface area contributed by atoms with Crippen molar-refractivity contribution in [3.63, 3.8) is 0 Å². The largest absolute Gasteiger partial charge is 0.349 e. The zero-order chi connectivity index (χ0) is 15.3. The lowest BCUT2D eigenvalue weighted by Gasteiger charge is -2.41. The second-order valence-corrected chi connectivity index (χ2v) is 7.26. The molecule has 0 radical (unpaired) electrons. The Balaban J connectivity index is 2.03. The van der Waals surface area contributed by atoms with E-state index < -0.39 is 0 Å². The van der Waals surface area contributed by atoms with E-state index >= 15 is 0 Å². The summed E-state index contributed by atoms with van der Waals surface area (Å²) in [6.07, 6.45) is 7.36. The average Bonchev–Trinajstić information content (AvgIpc) is 2.47. The van der Waals surface area contributed by atoms with Gasteiger partial charge in [-0.1, -0.05) is 51.8 Å². The van der Waals surface area contributed by atoms with Crippen LogP contribution in [0.1, 0.15) is 69.7 Å². The maximum atomic E-state index is 12.4. The van der Waals surface area contributed by atoms with E-state index in [1.165, 1.54) is 32.1 Å². The molecule has 1 fully saturated rings. The summed E-state index contributed by atoms with van der Waals surface area (Å²) in [6, 6.07) is 9.91. The second kappa shape index (κ2) is 7.11. The highest BCUT2D eigenvalue weighted by atomic mass is 16.1. The average molecular weight is 287 g/mol. The molecule has 1 aromatic carbocycles. The van der Waals surface area contributed by atoms with Crippen molar-refractivity contribution < 1.29 is 4.79 Å². The standard InChI is InChI=1S/C19H29NO/c1-4-5-9-15-12-13-19(2,3)14-17(15)20-18(21)16-10-7-6-8-11-16/h6-8,10-11,15,17H,4-5,9,12-14H2,1-3H3,(H,20,21). The normalized spacial score (nSPS) is 24.5. The number of hydrogen-bond donors (Lipinski definition) is 1. The Kier molecular flexibility index (Phi) is 5.44. The predicted octanol–water partition coefficient (Wildman–Crippen LogP) is 4.80. The summed E-state index contributed by atoms with van der Waals surface area (Å²) >= 11 is 0. The van der Waals surface area contributed by atoms with Crippen LogP contribution in [0, 0.1) is 11.3 Å². The van der Waals surface area contributed by atoms with E-state index in [9.17, 15) is 4.79 Å². The number of unbranched alkanes of at least 4 members (excludes halogenated alkanes) is 1. The molecule has 0 bridgehead atoms. The molecule has 0 spiro atoms. The Labute approximate surface area is 129 Å². The van der Waals surface area contributed by atoms with Crippen molar-refractivity contribution in [3.05, 3.63) is 35.9 Å². The first kappa shape index (κ1) is 16.1. The van der Waals surface area contributed by atoms with Crippen LogP contribution in [0.3, 0.4) is 0 Å². The lowest BCUT2D eigenvalue weighted by Crippen LogP contribution is -2.46. The maximum absolute atomic E-state index is 12.4. The van der Waals surface area contributed by atoms with Crippen molar-refractivity contribution in [2.75, 3.05) is 0 Å².